The number of halogens is 1. The lowest BCUT2D eigenvalue weighted by Crippen LogP contribution is -2.46. The van der Waals surface area contributed by atoms with E-state index in [2.05, 4.69) is 5.32 Å². The van der Waals surface area contributed by atoms with Gasteiger partial charge in [-0.3, -0.25) is 4.79 Å². The van der Waals surface area contributed by atoms with Crippen LogP contribution >= 0.6 is 0 Å². The zero-order valence-electron chi connectivity index (χ0n) is 13.7. The molecule has 0 saturated carbocycles. The van der Waals surface area contributed by atoms with E-state index in [0.717, 1.165) is 50.9 Å². The fourth-order valence-corrected chi connectivity index (χ4v) is 3.80. The molecular formula is C18H25FN2O2. The van der Waals surface area contributed by atoms with Crippen molar-refractivity contribution in [3.63, 3.8) is 0 Å². The molecule has 2 aliphatic heterocycles. The molecule has 4 nitrogen and oxygen atoms in total. The van der Waals surface area contributed by atoms with Gasteiger partial charge in [0, 0.05) is 13.1 Å². The van der Waals surface area contributed by atoms with Crippen LogP contribution in [0, 0.1) is 11.2 Å². The number of likely N-dealkylation sites (N-methyl/N-ethyl adjacent to an activating group) is 1. The average Bonchev–Trinajstić information content (AvgIpc) is 2.91. The predicted molar refractivity (Wildman–Crippen MR) is 86.6 cm³/mol. The van der Waals surface area contributed by atoms with E-state index in [-0.39, 0.29) is 23.2 Å². The van der Waals surface area contributed by atoms with Crippen LogP contribution in [0.5, 0.6) is 0 Å². The average molecular weight is 320 g/mol. The summed E-state index contributed by atoms with van der Waals surface area (Å²) in [6.07, 6.45) is 3.94. The largest absolute Gasteiger partial charge is 0.377 e. The Labute approximate surface area is 137 Å². The molecule has 1 amide bonds. The number of hydrogen-bond donors (Lipinski definition) is 1. The van der Waals surface area contributed by atoms with Crippen LogP contribution in [0.15, 0.2) is 24.3 Å². The number of nitrogens with one attached hydrogen (secondary N) is 1. The molecule has 0 aromatic heterocycles. The summed E-state index contributed by atoms with van der Waals surface area (Å²) >= 11 is 0. The number of hydrogen-bond acceptors (Lipinski definition) is 3. The molecule has 2 saturated heterocycles. The zero-order chi connectivity index (χ0) is 16.3. The number of carbonyl (C=O) groups excluding carboxylic acids is 1. The molecule has 2 heterocycles. The topological polar surface area (TPSA) is 41.6 Å². The molecule has 1 aromatic rings. The second-order valence-electron chi connectivity index (χ2n) is 6.88. The van der Waals surface area contributed by atoms with Gasteiger partial charge in [0.05, 0.1) is 19.3 Å². The summed E-state index contributed by atoms with van der Waals surface area (Å²) in [7, 11) is 1.80. The first kappa shape index (κ1) is 16.4. The Bertz CT molecular complexity index is 556. The van der Waals surface area contributed by atoms with Crippen LogP contribution in [0.4, 0.5) is 4.39 Å². The molecular weight excluding hydrogens is 295 g/mol. The first-order valence-electron chi connectivity index (χ1n) is 8.39. The third-order valence-corrected chi connectivity index (χ3v) is 5.14. The van der Waals surface area contributed by atoms with E-state index in [9.17, 15) is 9.18 Å². The fourth-order valence-electron chi connectivity index (χ4n) is 3.80. The molecule has 5 heteroatoms. The molecule has 1 spiro atoms. The molecule has 0 unspecified atom stereocenters. The Kier molecular flexibility index (Phi) is 4.97. The van der Waals surface area contributed by atoms with E-state index < -0.39 is 0 Å². The standard InChI is InChI=1S/C18H25FN2O2/c1-20-12-17(22)21-7-5-18(6-8-21)11-16(23-13-18)10-14-3-2-4-15(19)9-14/h2-4,9,16,20H,5-8,10-13H2,1H3/t16-/m0/s1. The Morgan fingerprint density at radius 1 is 1.43 bits per heavy atom. The van der Waals surface area contributed by atoms with E-state index >= 15 is 0 Å². The van der Waals surface area contributed by atoms with Crippen LogP contribution in [-0.2, 0) is 16.0 Å². The summed E-state index contributed by atoms with van der Waals surface area (Å²) in [4.78, 5) is 13.9. The monoisotopic (exact) mass is 320 g/mol. The molecule has 0 bridgehead atoms. The second-order valence-corrected chi connectivity index (χ2v) is 6.88. The molecule has 2 aliphatic rings. The zero-order valence-corrected chi connectivity index (χ0v) is 13.7. The number of ether oxygens (including phenoxy) is 1. The summed E-state index contributed by atoms with van der Waals surface area (Å²) in [6.45, 7) is 2.81. The van der Waals surface area contributed by atoms with Gasteiger partial charge in [0.25, 0.3) is 0 Å². The molecule has 0 aliphatic carbocycles. The number of nitrogens with zero attached hydrogens (tertiary/aromatic N) is 1. The van der Waals surface area contributed by atoms with Crippen LogP contribution in [0.2, 0.25) is 0 Å². The number of rotatable bonds is 4. The molecule has 0 radical (unpaired) electrons. The Balaban J connectivity index is 1.53. The van der Waals surface area contributed by atoms with Crippen molar-refractivity contribution >= 4 is 5.91 Å². The summed E-state index contributed by atoms with van der Waals surface area (Å²) in [6, 6.07) is 6.77. The van der Waals surface area contributed by atoms with Gasteiger partial charge in [0.1, 0.15) is 5.82 Å². The van der Waals surface area contributed by atoms with E-state index in [4.69, 9.17) is 4.74 Å². The van der Waals surface area contributed by atoms with Crippen molar-refractivity contribution in [3.8, 4) is 0 Å². The first-order chi connectivity index (χ1) is 11.1. The lowest BCUT2D eigenvalue weighted by Gasteiger charge is -2.38. The minimum Gasteiger partial charge on any atom is -0.377 e. The molecule has 3 rings (SSSR count). The highest BCUT2D eigenvalue weighted by atomic mass is 19.1. The minimum atomic E-state index is -0.188. The quantitative estimate of drug-likeness (QED) is 0.922. The molecule has 1 N–H and O–H groups in total. The van der Waals surface area contributed by atoms with Crippen molar-refractivity contribution in [1.29, 1.82) is 0 Å². The molecule has 23 heavy (non-hydrogen) atoms. The smallest absolute Gasteiger partial charge is 0.236 e. The van der Waals surface area contributed by atoms with Gasteiger partial charge in [-0.05, 0) is 55.8 Å². The normalized spacial score (nSPS) is 23.4. The van der Waals surface area contributed by atoms with Gasteiger partial charge in [-0.25, -0.2) is 4.39 Å². The van der Waals surface area contributed by atoms with E-state index in [1.54, 1.807) is 19.2 Å². The molecule has 1 aromatic carbocycles. The van der Waals surface area contributed by atoms with E-state index in [1.807, 2.05) is 11.0 Å². The van der Waals surface area contributed by atoms with E-state index in [0.29, 0.717) is 6.54 Å². The second kappa shape index (κ2) is 6.97. The van der Waals surface area contributed by atoms with Crippen LogP contribution < -0.4 is 5.32 Å². The maximum absolute atomic E-state index is 13.3. The Morgan fingerprint density at radius 3 is 2.91 bits per heavy atom. The molecule has 2 fully saturated rings. The van der Waals surface area contributed by atoms with Gasteiger partial charge in [-0.2, -0.15) is 0 Å². The van der Waals surface area contributed by atoms with Crippen LogP contribution in [0.1, 0.15) is 24.8 Å². The molecule has 1 atom stereocenters. The number of amides is 1. The van der Waals surface area contributed by atoms with Crippen LogP contribution in [0.3, 0.4) is 0 Å². The lowest BCUT2D eigenvalue weighted by atomic mass is 9.76. The Hall–Kier alpha value is -1.46. The van der Waals surface area contributed by atoms with Gasteiger partial charge in [-0.15, -0.1) is 0 Å². The van der Waals surface area contributed by atoms with Crippen LogP contribution in [0.25, 0.3) is 0 Å². The first-order valence-corrected chi connectivity index (χ1v) is 8.39. The number of carbonyl (C=O) groups is 1. The van der Waals surface area contributed by atoms with Crippen molar-refractivity contribution in [2.75, 3.05) is 33.3 Å². The van der Waals surface area contributed by atoms with Gasteiger partial charge in [0.2, 0.25) is 5.91 Å². The van der Waals surface area contributed by atoms with Gasteiger partial charge in [-0.1, -0.05) is 12.1 Å². The van der Waals surface area contributed by atoms with Crippen molar-refractivity contribution in [3.05, 3.63) is 35.6 Å². The summed E-state index contributed by atoms with van der Waals surface area (Å²) in [5, 5.41) is 2.92. The highest BCUT2D eigenvalue weighted by Gasteiger charge is 2.42. The third kappa shape index (κ3) is 3.90. The highest BCUT2D eigenvalue weighted by Crippen LogP contribution is 2.42. The third-order valence-electron chi connectivity index (χ3n) is 5.14. The predicted octanol–water partition coefficient (Wildman–Crippen LogP) is 1.99. The summed E-state index contributed by atoms with van der Waals surface area (Å²) < 4.78 is 19.3. The van der Waals surface area contributed by atoms with Crippen LogP contribution in [-0.4, -0.2) is 50.2 Å². The summed E-state index contributed by atoms with van der Waals surface area (Å²) in [5.74, 6) is -0.0101. The summed E-state index contributed by atoms with van der Waals surface area (Å²) in [5.41, 5.74) is 1.20. The maximum atomic E-state index is 13.3. The van der Waals surface area contributed by atoms with Crippen molar-refractivity contribution < 1.29 is 13.9 Å². The lowest BCUT2D eigenvalue weighted by molar-refractivity contribution is -0.132. The number of piperidine rings is 1. The van der Waals surface area contributed by atoms with Gasteiger partial charge in [0.15, 0.2) is 0 Å². The van der Waals surface area contributed by atoms with E-state index in [1.165, 1.54) is 6.07 Å². The molecule has 126 valence electrons. The fraction of sp³-hybridized carbons (Fsp3) is 0.611. The van der Waals surface area contributed by atoms with Crippen molar-refractivity contribution in [1.82, 2.24) is 10.2 Å². The van der Waals surface area contributed by atoms with Gasteiger partial charge >= 0.3 is 0 Å². The maximum Gasteiger partial charge on any atom is 0.236 e. The van der Waals surface area contributed by atoms with Gasteiger partial charge < -0.3 is 15.0 Å². The minimum absolute atomic E-state index is 0.163. The van der Waals surface area contributed by atoms with Crippen molar-refractivity contribution in [2.24, 2.45) is 5.41 Å². The van der Waals surface area contributed by atoms with Crippen molar-refractivity contribution in [2.45, 2.75) is 31.8 Å². The highest BCUT2D eigenvalue weighted by molar-refractivity contribution is 5.78. The Morgan fingerprint density at radius 2 is 2.22 bits per heavy atom. The number of likely N-dealkylation sites (tertiary alicyclic amines) is 1. The number of benzene rings is 1. The SMILES string of the molecule is CNCC(=O)N1CCC2(CC1)CO[C@@H](Cc1cccc(F)c1)C2.